The van der Waals surface area contributed by atoms with Crippen molar-refractivity contribution in [1.82, 2.24) is 4.98 Å². The van der Waals surface area contributed by atoms with Crippen LogP contribution in [0.25, 0.3) is 10.6 Å². The summed E-state index contributed by atoms with van der Waals surface area (Å²) in [5.74, 6) is -1.90. The van der Waals surface area contributed by atoms with Crippen LogP contribution in [0, 0.1) is 10.1 Å². The Morgan fingerprint density at radius 1 is 1.22 bits per heavy atom. The Morgan fingerprint density at radius 2 is 1.97 bits per heavy atom. The SMILES string of the molecule is O=C(COC(=O)c1csc(-c2cccc(Cl)c2)n1)Nc1ccc(C(F)(F)F)cc1[N+](=O)[O-]. The molecule has 1 N–H and O–H groups in total. The lowest BCUT2D eigenvalue weighted by molar-refractivity contribution is -0.384. The van der Waals surface area contributed by atoms with Crippen molar-refractivity contribution in [3.63, 3.8) is 0 Å². The number of nitrogens with zero attached hydrogens (tertiary/aromatic N) is 2. The van der Waals surface area contributed by atoms with E-state index in [9.17, 15) is 32.9 Å². The number of benzene rings is 2. The summed E-state index contributed by atoms with van der Waals surface area (Å²) in [7, 11) is 0. The van der Waals surface area contributed by atoms with Gasteiger partial charge in [-0.2, -0.15) is 13.2 Å². The molecule has 0 aliphatic heterocycles. The molecule has 13 heteroatoms. The summed E-state index contributed by atoms with van der Waals surface area (Å²) in [6.07, 6.45) is -4.79. The maximum absolute atomic E-state index is 12.7. The van der Waals surface area contributed by atoms with E-state index >= 15 is 0 Å². The summed E-state index contributed by atoms with van der Waals surface area (Å²) in [5.41, 5.74) is -2.06. The number of aromatic nitrogens is 1. The van der Waals surface area contributed by atoms with Gasteiger partial charge in [0.25, 0.3) is 11.6 Å². The van der Waals surface area contributed by atoms with E-state index in [0.29, 0.717) is 27.7 Å². The van der Waals surface area contributed by atoms with Crippen LogP contribution in [0.15, 0.2) is 47.8 Å². The molecule has 0 unspecified atom stereocenters. The monoisotopic (exact) mass is 485 g/mol. The maximum atomic E-state index is 12.7. The summed E-state index contributed by atoms with van der Waals surface area (Å²) in [6.45, 7) is -0.832. The second-order valence-electron chi connectivity index (χ2n) is 6.16. The van der Waals surface area contributed by atoms with Crippen molar-refractivity contribution >= 4 is 46.2 Å². The van der Waals surface area contributed by atoms with E-state index in [1.54, 1.807) is 24.3 Å². The van der Waals surface area contributed by atoms with Crippen LogP contribution in [0.5, 0.6) is 0 Å². The number of carbonyl (C=O) groups is 2. The molecule has 0 radical (unpaired) electrons. The molecule has 0 aliphatic rings. The summed E-state index contributed by atoms with van der Waals surface area (Å²) >= 11 is 7.07. The normalized spacial score (nSPS) is 11.1. The largest absolute Gasteiger partial charge is 0.451 e. The number of nitro benzene ring substituents is 1. The molecular formula is C19H11ClF3N3O5S. The second kappa shape index (κ2) is 9.32. The third kappa shape index (κ3) is 5.59. The van der Waals surface area contributed by atoms with Gasteiger partial charge in [0.05, 0.1) is 10.5 Å². The summed E-state index contributed by atoms with van der Waals surface area (Å²) < 4.78 is 43.1. The first-order valence-corrected chi connectivity index (χ1v) is 9.84. The Labute approximate surface area is 186 Å². The minimum Gasteiger partial charge on any atom is -0.451 e. The van der Waals surface area contributed by atoms with Crippen molar-refractivity contribution < 1.29 is 32.4 Å². The van der Waals surface area contributed by atoms with Crippen LogP contribution < -0.4 is 5.32 Å². The Kier molecular flexibility index (Phi) is 6.75. The van der Waals surface area contributed by atoms with Gasteiger partial charge in [-0.05, 0) is 24.3 Å². The standard InChI is InChI=1S/C19H11ClF3N3O5S/c20-12-3-1-2-10(6-12)17-25-14(9-32-17)18(28)31-8-16(27)24-13-5-4-11(19(21,22)23)7-15(13)26(29)30/h1-7,9H,8H2,(H,24,27). The highest BCUT2D eigenvalue weighted by atomic mass is 35.5. The average molecular weight is 486 g/mol. The number of nitrogens with one attached hydrogen (secondary N) is 1. The van der Waals surface area contributed by atoms with Gasteiger partial charge in [0.15, 0.2) is 12.3 Å². The highest BCUT2D eigenvalue weighted by molar-refractivity contribution is 7.13. The number of halogens is 4. The average Bonchev–Trinajstić information content (AvgIpc) is 3.22. The van der Waals surface area contributed by atoms with Crippen LogP contribution in [0.2, 0.25) is 5.02 Å². The minimum absolute atomic E-state index is 0.0710. The lowest BCUT2D eigenvalue weighted by atomic mass is 10.1. The molecule has 0 saturated heterocycles. The Hall–Kier alpha value is -3.51. The molecular weight excluding hydrogens is 475 g/mol. The fraction of sp³-hybridized carbons (Fsp3) is 0.105. The van der Waals surface area contributed by atoms with Gasteiger partial charge in [-0.3, -0.25) is 14.9 Å². The molecule has 0 saturated carbocycles. The lowest BCUT2D eigenvalue weighted by Crippen LogP contribution is -2.21. The minimum atomic E-state index is -4.79. The van der Waals surface area contributed by atoms with E-state index in [4.69, 9.17) is 16.3 Å². The number of rotatable bonds is 6. The van der Waals surface area contributed by atoms with Gasteiger partial charge in [-0.25, -0.2) is 9.78 Å². The smallest absolute Gasteiger partial charge is 0.416 e. The number of thiazole rings is 1. The van der Waals surface area contributed by atoms with E-state index in [-0.39, 0.29) is 5.69 Å². The Bertz CT molecular complexity index is 1200. The first-order valence-electron chi connectivity index (χ1n) is 8.58. The number of ether oxygens (including phenoxy) is 1. The zero-order valence-corrected chi connectivity index (χ0v) is 17.3. The molecule has 0 aliphatic carbocycles. The fourth-order valence-electron chi connectivity index (χ4n) is 2.48. The van der Waals surface area contributed by atoms with Crippen molar-refractivity contribution in [3.05, 3.63) is 74.2 Å². The Morgan fingerprint density at radius 3 is 2.62 bits per heavy atom. The van der Waals surface area contributed by atoms with E-state index in [1.165, 1.54) is 5.38 Å². The van der Waals surface area contributed by atoms with E-state index in [0.717, 1.165) is 17.4 Å². The van der Waals surface area contributed by atoms with Crippen molar-refractivity contribution in [1.29, 1.82) is 0 Å². The number of anilines is 1. The van der Waals surface area contributed by atoms with Crippen LogP contribution in [0.4, 0.5) is 24.5 Å². The van der Waals surface area contributed by atoms with Crippen LogP contribution in [0.1, 0.15) is 16.1 Å². The third-order valence-corrected chi connectivity index (χ3v) is 5.04. The highest BCUT2D eigenvalue weighted by Gasteiger charge is 2.33. The highest BCUT2D eigenvalue weighted by Crippen LogP contribution is 2.35. The molecule has 3 aromatic rings. The van der Waals surface area contributed by atoms with Crippen LogP contribution in [-0.4, -0.2) is 28.4 Å². The first-order chi connectivity index (χ1) is 15.0. The molecule has 0 spiro atoms. The molecule has 0 atom stereocenters. The van der Waals surface area contributed by atoms with Gasteiger partial charge < -0.3 is 10.1 Å². The summed E-state index contributed by atoms with van der Waals surface area (Å²) in [4.78, 5) is 38.2. The van der Waals surface area contributed by atoms with Crippen molar-refractivity contribution in [2.24, 2.45) is 0 Å². The van der Waals surface area contributed by atoms with Crippen LogP contribution in [-0.2, 0) is 15.7 Å². The number of hydrogen-bond donors (Lipinski definition) is 1. The van der Waals surface area contributed by atoms with Crippen LogP contribution >= 0.6 is 22.9 Å². The number of hydrogen-bond acceptors (Lipinski definition) is 7. The van der Waals surface area contributed by atoms with E-state index in [2.05, 4.69) is 10.3 Å². The summed E-state index contributed by atoms with van der Waals surface area (Å²) in [5, 5.41) is 15.5. The topological polar surface area (TPSA) is 111 Å². The van der Waals surface area contributed by atoms with Gasteiger partial charge in [-0.15, -0.1) is 11.3 Å². The molecule has 32 heavy (non-hydrogen) atoms. The fourth-order valence-corrected chi connectivity index (χ4v) is 3.45. The zero-order valence-electron chi connectivity index (χ0n) is 15.7. The third-order valence-electron chi connectivity index (χ3n) is 3.92. The van der Waals surface area contributed by atoms with Crippen molar-refractivity contribution in [3.8, 4) is 10.6 Å². The van der Waals surface area contributed by atoms with Crippen molar-refractivity contribution in [2.75, 3.05) is 11.9 Å². The van der Waals surface area contributed by atoms with Crippen LogP contribution in [0.3, 0.4) is 0 Å². The predicted molar refractivity (Wildman–Crippen MR) is 110 cm³/mol. The number of carbonyl (C=O) groups excluding carboxylic acids is 2. The van der Waals surface area contributed by atoms with E-state index in [1.807, 2.05) is 0 Å². The van der Waals surface area contributed by atoms with Gasteiger partial charge in [-0.1, -0.05) is 23.7 Å². The Balaban J connectivity index is 1.64. The van der Waals surface area contributed by atoms with E-state index < -0.39 is 46.5 Å². The molecule has 1 aromatic heterocycles. The second-order valence-corrected chi connectivity index (χ2v) is 7.45. The van der Waals surface area contributed by atoms with Gasteiger partial charge in [0.2, 0.25) is 0 Å². The zero-order chi connectivity index (χ0) is 23.5. The molecule has 0 bridgehead atoms. The molecule has 3 rings (SSSR count). The molecule has 1 amide bonds. The van der Waals surface area contributed by atoms with Gasteiger partial charge >= 0.3 is 12.1 Å². The molecule has 166 valence electrons. The molecule has 1 heterocycles. The van der Waals surface area contributed by atoms with Gasteiger partial charge in [0, 0.05) is 22.0 Å². The summed E-state index contributed by atoms with van der Waals surface area (Å²) in [6, 6.07) is 8.41. The quantitative estimate of drug-likeness (QED) is 0.292. The lowest BCUT2D eigenvalue weighted by Gasteiger charge is -2.10. The number of alkyl halides is 3. The predicted octanol–water partition coefficient (Wildman–Crippen LogP) is 5.19. The van der Waals surface area contributed by atoms with Gasteiger partial charge in [0.1, 0.15) is 10.7 Å². The maximum Gasteiger partial charge on any atom is 0.416 e. The molecule has 8 nitrogen and oxygen atoms in total. The number of nitro groups is 1. The molecule has 0 fully saturated rings. The number of amides is 1. The number of esters is 1. The molecule has 2 aromatic carbocycles. The van der Waals surface area contributed by atoms with Crippen molar-refractivity contribution in [2.45, 2.75) is 6.18 Å². The first kappa shape index (κ1) is 23.2.